The van der Waals surface area contributed by atoms with E-state index in [1.54, 1.807) is 0 Å². The maximum absolute atomic E-state index is 13.0. The predicted molar refractivity (Wildman–Crippen MR) is 67.7 cm³/mol. The van der Waals surface area contributed by atoms with Crippen LogP contribution < -0.4 is 4.72 Å². The molecule has 0 saturated heterocycles. The average molecular weight is 296 g/mol. The van der Waals surface area contributed by atoms with Gasteiger partial charge in [-0.1, -0.05) is 6.07 Å². The summed E-state index contributed by atoms with van der Waals surface area (Å²) in [4.78, 5) is -0.113. The molecule has 0 bridgehead atoms. The van der Waals surface area contributed by atoms with Crippen molar-refractivity contribution in [3.05, 3.63) is 30.1 Å². The van der Waals surface area contributed by atoms with Crippen molar-refractivity contribution in [1.82, 2.24) is 4.72 Å². The van der Waals surface area contributed by atoms with E-state index in [2.05, 4.69) is 4.72 Å². The van der Waals surface area contributed by atoms with Crippen molar-refractivity contribution in [2.75, 3.05) is 19.6 Å². The molecule has 0 saturated carbocycles. The molecule has 0 aliphatic heterocycles. The van der Waals surface area contributed by atoms with Crippen molar-refractivity contribution >= 4 is 21.6 Å². The SMILES string of the molecule is COCC(CCCl)NS(=O)(=O)c1cccc(F)c1. The largest absolute Gasteiger partial charge is 0.383 e. The molecule has 0 aliphatic rings. The van der Waals surface area contributed by atoms with Gasteiger partial charge >= 0.3 is 0 Å². The number of alkyl halides is 1. The second-order valence-electron chi connectivity index (χ2n) is 3.71. The van der Waals surface area contributed by atoms with Gasteiger partial charge in [0.15, 0.2) is 0 Å². The number of benzene rings is 1. The van der Waals surface area contributed by atoms with Gasteiger partial charge in [0, 0.05) is 19.0 Å². The van der Waals surface area contributed by atoms with Crippen LogP contribution in [0.1, 0.15) is 6.42 Å². The first-order valence-corrected chi connectivity index (χ1v) is 7.34. The summed E-state index contributed by atoms with van der Waals surface area (Å²) in [5.74, 6) is -0.293. The van der Waals surface area contributed by atoms with E-state index >= 15 is 0 Å². The normalized spacial score (nSPS) is 13.5. The number of hydrogen-bond donors (Lipinski definition) is 1. The lowest BCUT2D eigenvalue weighted by molar-refractivity contribution is 0.173. The molecule has 0 radical (unpaired) electrons. The van der Waals surface area contributed by atoms with Gasteiger partial charge in [-0.2, -0.15) is 0 Å². The van der Waals surface area contributed by atoms with Crippen LogP contribution in [-0.2, 0) is 14.8 Å². The zero-order chi connectivity index (χ0) is 13.6. The van der Waals surface area contributed by atoms with Crippen LogP contribution in [0.2, 0.25) is 0 Å². The molecule has 0 amide bonds. The van der Waals surface area contributed by atoms with Gasteiger partial charge in [-0.05, 0) is 24.6 Å². The first kappa shape index (κ1) is 15.4. The molecule has 1 N–H and O–H groups in total. The van der Waals surface area contributed by atoms with Crippen molar-refractivity contribution in [2.24, 2.45) is 0 Å². The third kappa shape index (κ3) is 4.53. The lowest BCUT2D eigenvalue weighted by Crippen LogP contribution is -2.38. The van der Waals surface area contributed by atoms with Gasteiger partial charge in [-0.25, -0.2) is 17.5 Å². The number of rotatable bonds is 7. The number of methoxy groups -OCH3 is 1. The van der Waals surface area contributed by atoms with Gasteiger partial charge in [0.2, 0.25) is 10.0 Å². The zero-order valence-electron chi connectivity index (χ0n) is 9.90. The Morgan fingerprint density at radius 3 is 2.78 bits per heavy atom. The molecule has 0 aliphatic carbocycles. The number of sulfonamides is 1. The van der Waals surface area contributed by atoms with Gasteiger partial charge in [0.25, 0.3) is 0 Å². The van der Waals surface area contributed by atoms with Gasteiger partial charge in [0.1, 0.15) is 5.82 Å². The van der Waals surface area contributed by atoms with Gasteiger partial charge in [-0.15, -0.1) is 11.6 Å². The lowest BCUT2D eigenvalue weighted by Gasteiger charge is -2.16. The number of halogens is 2. The first-order chi connectivity index (χ1) is 8.49. The van der Waals surface area contributed by atoms with E-state index in [0.29, 0.717) is 12.3 Å². The van der Waals surface area contributed by atoms with E-state index in [-0.39, 0.29) is 11.5 Å². The maximum Gasteiger partial charge on any atom is 0.241 e. The molecule has 7 heteroatoms. The highest BCUT2D eigenvalue weighted by molar-refractivity contribution is 7.89. The van der Waals surface area contributed by atoms with Crippen molar-refractivity contribution in [2.45, 2.75) is 17.4 Å². The van der Waals surface area contributed by atoms with E-state index in [1.807, 2.05) is 0 Å². The molecule has 0 spiro atoms. The van der Waals surface area contributed by atoms with E-state index in [9.17, 15) is 12.8 Å². The second kappa shape index (κ2) is 7.04. The average Bonchev–Trinajstić information content (AvgIpc) is 2.29. The Balaban J connectivity index is 2.86. The van der Waals surface area contributed by atoms with Crippen molar-refractivity contribution in [3.63, 3.8) is 0 Å². The zero-order valence-corrected chi connectivity index (χ0v) is 11.5. The molecule has 1 aromatic rings. The Morgan fingerprint density at radius 1 is 1.50 bits per heavy atom. The number of hydrogen-bond acceptors (Lipinski definition) is 3. The fraction of sp³-hybridized carbons (Fsp3) is 0.455. The summed E-state index contributed by atoms with van der Waals surface area (Å²) in [6.07, 6.45) is 0.434. The third-order valence-electron chi connectivity index (χ3n) is 2.25. The van der Waals surface area contributed by atoms with E-state index in [4.69, 9.17) is 16.3 Å². The summed E-state index contributed by atoms with van der Waals surface area (Å²) in [7, 11) is -2.29. The molecule has 102 valence electrons. The summed E-state index contributed by atoms with van der Waals surface area (Å²) < 4.78 is 44.3. The molecular weight excluding hydrogens is 281 g/mol. The summed E-state index contributed by atoms with van der Waals surface area (Å²) >= 11 is 5.58. The first-order valence-electron chi connectivity index (χ1n) is 5.32. The Kier molecular flexibility index (Phi) is 6.01. The molecule has 0 aromatic heterocycles. The van der Waals surface area contributed by atoms with Crippen LogP contribution in [0.3, 0.4) is 0 Å². The summed E-state index contributed by atoms with van der Waals surface area (Å²) in [5, 5.41) is 0. The molecule has 1 unspecified atom stereocenters. The van der Waals surface area contributed by atoms with Crippen molar-refractivity contribution in [1.29, 1.82) is 0 Å². The fourth-order valence-electron chi connectivity index (χ4n) is 1.43. The van der Waals surface area contributed by atoms with Gasteiger partial charge in [0.05, 0.1) is 11.5 Å². The quantitative estimate of drug-likeness (QED) is 0.780. The third-order valence-corrected chi connectivity index (χ3v) is 3.99. The Morgan fingerprint density at radius 2 is 2.22 bits per heavy atom. The Labute approximate surface area is 111 Å². The van der Waals surface area contributed by atoms with E-state index in [1.165, 1.54) is 25.3 Å². The highest BCUT2D eigenvalue weighted by Gasteiger charge is 2.20. The van der Waals surface area contributed by atoms with Crippen molar-refractivity contribution in [3.8, 4) is 0 Å². The highest BCUT2D eigenvalue weighted by atomic mass is 35.5. The molecular formula is C11H15ClFNO3S. The molecule has 1 atom stereocenters. The number of nitrogens with one attached hydrogen (secondary N) is 1. The molecule has 4 nitrogen and oxygen atoms in total. The molecule has 1 aromatic carbocycles. The predicted octanol–water partition coefficient (Wildman–Crippen LogP) is 1.75. The molecule has 0 heterocycles. The van der Waals surface area contributed by atoms with Crippen LogP contribution in [-0.4, -0.2) is 34.1 Å². The van der Waals surface area contributed by atoms with Crippen LogP contribution >= 0.6 is 11.6 Å². The van der Waals surface area contributed by atoms with Crippen LogP contribution in [0.15, 0.2) is 29.2 Å². The van der Waals surface area contributed by atoms with E-state index < -0.39 is 21.9 Å². The van der Waals surface area contributed by atoms with Crippen LogP contribution in [0, 0.1) is 5.82 Å². The highest BCUT2D eigenvalue weighted by Crippen LogP contribution is 2.11. The van der Waals surface area contributed by atoms with E-state index in [0.717, 1.165) is 6.07 Å². The smallest absolute Gasteiger partial charge is 0.241 e. The topological polar surface area (TPSA) is 55.4 Å². The van der Waals surface area contributed by atoms with Gasteiger partial charge < -0.3 is 4.74 Å². The monoisotopic (exact) mass is 295 g/mol. The molecule has 1 rings (SSSR count). The Hall–Kier alpha value is -0.690. The minimum absolute atomic E-state index is 0.113. The number of ether oxygens (including phenoxy) is 1. The van der Waals surface area contributed by atoms with Crippen molar-refractivity contribution < 1.29 is 17.5 Å². The molecule has 0 fully saturated rings. The Bertz CT molecular complexity index is 475. The summed E-state index contributed by atoms with van der Waals surface area (Å²) in [6.45, 7) is 0.210. The van der Waals surface area contributed by atoms with Crippen LogP contribution in [0.25, 0.3) is 0 Å². The summed E-state index contributed by atoms with van der Waals surface area (Å²) in [5.41, 5.74) is 0. The fourth-order valence-corrected chi connectivity index (χ4v) is 2.98. The lowest BCUT2D eigenvalue weighted by atomic mass is 10.3. The minimum Gasteiger partial charge on any atom is -0.383 e. The standard InChI is InChI=1S/C11H15ClFNO3S/c1-17-8-10(5-6-12)14-18(15,16)11-4-2-3-9(13)7-11/h2-4,7,10,14H,5-6,8H2,1H3. The second-order valence-corrected chi connectivity index (χ2v) is 5.80. The summed E-state index contributed by atoms with van der Waals surface area (Å²) in [6, 6.07) is 4.39. The minimum atomic E-state index is -3.76. The van der Waals surface area contributed by atoms with Gasteiger partial charge in [-0.3, -0.25) is 0 Å². The molecule has 18 heavy (non-hydrogen) atoms. The maximum atomic E-state index is 13.0. The van der Waals surface area contributed by atoms with Crippen LogP contribution in [0.4, 0.5) is 4.39 Å². The van der Waals surface area contributed by atoms with Crippen LogP contribution in [0.5, 0.6) is 0 Å².